The molecule has 2 nitrogen and oxygen atoms in total. The van der Waals surface area contributed by atoms with Crippen molar-refractivity contribution < 1.29 is 4.79 Å². The second-order valence-corrected chi connectivity index (χ2v) is 5.19. The van der Waals surface area contributed by atoms with Crippen LogP contribution in [0, 0.1) is 5.92 Å². The van der Waals surface area contributed by atoms with Crippen molar-refractivity contribution in [3.05, 3.63) is 28.2 Å². The zero-order chi connectivity index (χ0) is 10.8. The number of hydrogen-bond donors (Lipinski definition) is 2. The molecule has 15 heavy (non-hydrogen) atoms. The van der Waals surface area contributed by atoms with Crippen LogP contribution >= 0.6 is 28.6 Å². The summed E-state index contributed by atoms with van der Waals surface area (Å²) in [5, 5.41) is 2.93. The van der Waals surface area contributed by atoms with E-state index in [9.17, 15) is 4.79 Å². The number of hydrogen-bond acceptors (Lipinski definition) is 2. The predicted octanol–water partition coefficient (Wildman–Crippen LogP) is 2.88. The lowest BCUT2D eigenvalue weighted by Crippen LogP contribution is -2.25. The zero-order valence-electron chi connectivity index (χ0n) is 8.16. The summed E-state index contributed by atoms with van der Waals surface area (Å²) in [6, 6.07) is 5.47. The van der Waals surface area contributed by atoms with Crippen molar-refractivity contribution in [2.75, 3.05) is 6.54 Å². The first-order valence-electron chi connectivity index (χ1n) is 4.93. The standard InChI is InChI=1S/C11H12BrNOS/c12-10-4-3-8(15)5-9(10)11(14)13-6-7-1-2-7/h3-5,7,15H,1-2,6H2,(H,13,14). The average Bonchev–Trinajstić information content (AvgIpc) is 3.02. The molecule has 0 spiro atoms. The third kappa shape index (κ3) is 2.98. The Balaban J connectivity index is 2.05. The van der Waals surface area contributed by atoms with E-state index in [1.807, 2.05) is 12.1 Å². The lowest BCUT2D eigenvalue weighted by molar-refractivity contribution is 0.0951. The molecule has 80 valence electrons. The summed E-state index contributed by atoms with van der Waals surface area (Å²) in [5.41, 5.74) is 0.656. The minimum atomic E-state index is -0.0234. The average molecular weight is 286 g/mol. The molecule has 1 aromatic carbocycles. The molecule has 0 radical (unpaired) electrons. The maximum Gasteiger partial charge on any atom is 0.252 e. The van der Waals surface area contributed by atoms with Gasteiger partial charge in [-0.15, -0.1) is 12.6 Å². The topological polar surface area (TPSA) is 29.1 Å². The highest BCUT2D eigenvalue weighted by atomic mass is 79.9. The van der Waals surface area contributed by atoms with Crippen LogP contribution in [0.5, 0.6) is 0 Å². The number of amides is 1. The Morgan fingerprint density at radius 3 is 2.93 bits per heavy atom. The molecule has 0 atom stereocenters. The molecule has 0 aromatic heterocycles. The van der Waals surface area contributed by atoms with Crippen molar-refractivity contribution in [2.45, 2.75) is 17.7 Å². The van der Waals surface area contributed by atoms with Crippen LogP contribution in [0.15, 0.2) is 27.6 Å². The van der Waals surface area contributed by atoms with Crippen molar-refractivity contribution in [1.82, 2.24) is 5.32 Å². The molecule has 0 bridgehead atoms. The molecule has 1 aliphatic rings. The van der Waals surface area contributed by atoms with Gasteiger partial charge in [-0.1, -0.05) is 0 Å². The molecule has 1 fully saturated rings. The van der Waals surface area contributed by atoms with Crippen LogP contribution in [0.2, 0.25) is 0 Å². The summed E-state index contributed by atoms with van der Waals surface area (Å²) in [5.74, 6) is 0.677. The molecule has 4 heteroatoms. The number of carbonyl (C=O) groups is 1. The van der Waals surface area contributed by atoms with E-state index >= 15 is 0 Å². The van der Waals surface area contributed by atoms with E-state index < -0.39 is 0 Å². The lowest BCUT2D eigenvalue weighted by Gasteiger charge is -2.06. The maximum atomic E-state index is 11.8. The number of nitrogens with one attached hydrogen (secondary N) is 1. The molecular weight excluding hydrogens is 274 g/mol. The first kappa shape index (κ1) is 11.0. The van der Waals surface area contributed by atoms with Gasteiger partial charge in [0.1, 0.15) is 0 Å². The van der Waals surface area contributed by atoms with Crippen molar-refractivity contribution in [3.8, 4) is 0 Å². The lowest BCUT2D eigenvalue weighted by atomic mass is 10.2. The largest absolute Gasteiger partial charge is 0.352 e. The molecule has 0 unspecified atom stereocenters. The summed E-state index contributed by atoms with van der Waals surface area (Å²) in [7, 11) is 0. The van der Waals surface area contributed by atoms with Crippen LogP contribution in [-0.2, 0) is 0 Å². The van der Waals surface area contributed by atoms with Gasteiger partial charge in [0.15, 0.2) is 0 Å². The van der Waals surface area contributed by atoms with Gasteiger partial charge in [0.05, 0.1) is 5.56 Å². The Kier molecular flexibility index (Phi) is 3.36. The molecule has 1 aliphatic carbocycles. The molecule has 1 N–H and O–H groups in total. The Morgan fingerprint density at radius 2 is 2.27 bits per heavy atom. The molecule has 0 saturated heterocycles. The minimum absolute atomic E-state index is 0.0234. The first-order chi connectivity index (χ1) is 7.16. The Bertz CT molecular complexity index is 390. The number of carbonyl (C=O) groups excluding carboxylic acids is 1. The van der Waals surface area contributed by atoms with Crippen LogP contribution in [0.4, 0.5) is 0 Å². The highest BCUT2D eigenvalue weighted by Gasteiger charge is 2.22. The van der Waals surface area contributed by atoms with Gasteiger partial charge in [-0.05, 0) is 52.9 Å². The summed E-state index contributed by atoms with van der Waals surface area (Å²) >= 11 is 7.58. The van der Waals surface area contributed by atoms with E-state index in [-0.39, 0.29) is 5.91 Å². The van der Waals surface area contributed by atoms with E-state index in [2.05, 4.69) is 33.9 Å². The van der Waals surface area contributed by atoms with E-state index in [1.54, 1.807) is 6.07 Å². The Hall–Kier alpha value is -0.480. The van der Waals surface area contributed by atoms with Gasteiger partial charge in [-0.2, -0.15) is 0 Å². The van der Waals surface area contributed by atoms with E-state index in [0.29, 0.717) is 11.5 Å². The summed E-state index contributed by atoms with van der Waals surface area (Å²) in [6.07, 6.45) is 2.49. The van der Waals surface area contributed by atoms with Crippen molar-refractivity contribution in [1.29, 1.82) is 0 Å². The molecule has 0 aliphatic heterocycles. The fraction of sp³-hybridized carbons (Fsp3) is 0.364. The molecule has 1 aromatic rings. The van der Waals surface area contributed by atoms with Crippen molar-refractivity contribution >= 4 is 34.5 Å². The molecular formula is C11H12BrNOS. The quantitative estimate of drug-likeness (QED) is 0.822. The molecule has 1 amide bonds. The summed E-state index contributed by atoms with van der Waals surface area (Å²) in [6.45, 7) is 0.794. The molecule has 2 rings (SSSR count). The normalized spacial score (nSPS) is 15.1. The van der Waals surface area contributed by atoms with Gasteiger partial charge in [-0.3, -0.25) is 4.79 Å². The third-order valence-electron chi connectivity index (χ3n) is 2.44. The van der Waals surface area contributed by atoms with Gasteiger partial charge in [0.2, 0.25) is 0 Å². The van der Waals surface area contributed by atoms with Crippen LogP contribution in [0.1, 0.15) is 23.2 Å². The monoisotopic (exact) mass is 285 g/mol. The van der Waals surface area contributed by atoms with E-state index in [4.69, 9.17) is 0 Å². The number of halogens is 1. The Labute approximate surface area is 103 Å². The van der Waals surface area contributed by atoms with Gasteiger partial charge in [0.25, 0.3) is 5.91 Å². The van der Waals surface area contributed by atoms with Crippen molar-refractivity contribution in [2.24, 2.45) is 5.92 Å². The van der Waals surface area contributed by atoms with Crippen molar-refractivity contribution in [3.63, 3.8) is 0 Å². The van der Waals surface area contributed by atoms with Gasteiger partial charge >= 0.3 is 0 Å². The van der Waals surface area contributed by atoms with Gasteiger partial charge in [0, 0.05) is 15.9 Å². The predicted molar refractivity (Wildman–Crippen MR) is 66.5 cm³/mol. The van der Waals surface area contributed by atoms with E-state index in [1.165, 1.54) is 12.8 Å². The van der Waals surface area contributed by atoms with Crippen LogP contribution < -0.4 is 5.32 Å². The minimum Gasteiger partial charge on any atom is -0.352 e. The maximum absolute atomic E-state index is 11.8. The smallest absolute Gasteiger partial charge is 0.252 e. The van der Waals surface area contributed by atoms with Crippen LogP contribution in [0.3, 0.4) is 0 Å². The zero-order valence-corrected chi connectivity index (χ0v) is 10.6. The van der Waals surface area contributed by atoms with Crippen LogP contribution in [-0.4, -0.2) is 12.5 Å². The van der Waals surface area contributed by atoms with E-state index in [0.717, 1.165) is 15.9 Å². The molecule has 1 saturated carbocycles. The van der Waals surface area contributed by atoms with Gasteiger partial charge in [-0.25, -0.2) is 0 Å². The Morgan fingerprint density at radius 1 is 1.53 bits per heavy atom. The first-order valence-corrected chi connectivity index (χ1v) is 6.17. The SMILES string of the molecule is O=C(NCC1CC1)c1cc(S)ccc1Br. The fourth-order valence-corrected chi connectivity index (χ4v) is 1.97. The van der Waals surface area contributed by atoms with Crippen LogP contribution in [0.25, 0.3) is 0 Å². The molecule has 0 heterocycles. The number of rotatable bonds is 3. The number of thiol groups is 1. The highest BCUT2D eigenvalue weighted by molar-refractivity contribution is 9.10. The summed E-state index contributed by atoms with van der Waals surface area (Å²) in [4.78, 5) is 12.6. The number of benzene rings is 1. The fourth-order valence-electron chi connectivity index (χ4n) is 1.34. The second-order valence-electron chi connectivity index (χ2n) is 3.82. The summed E-state index contributed by atoms with van der Waals surface area (Å²) < 4.78 is 0.814. The highest BCUT2D eigenvalue weighted by Crippen LogP contribution is 2.28. The second kappa shape index (κ2) is 4.58. The third-order valence-corrected chi connectivity index (χ3v) is 3.41. The van der Waals surface area contributed by atoms with Gasteiger partial charge < -0.3 is 5.32 Å².